The van der Waals surface area contributed by atoms with Crippen LogP contribution in [0.1, 0.15) is 36.7 Å². The molecule has 0 aliphatic heterocycles. The van der Waals surface area contributed by atoms with E-state index in [9.17, 15) is 0 Å². The van der Waals surface area contributed by atoms with E-state index in [4.69, 9.17) is 0 Å². The summed E-state index contributed by atoms with van der Waals surface area (Å²) in [6, 6.07) is 4.10. The van der Waals surface area contributed by atoms with Crippen LogP contribution in [-0.4, -0.2) is 14.5 Å². The molecule has 2 aromatic heterocycles. The number of pyridine rings is 1. The summed E-state index contributed by atoms with van der Waals surface area (Å²) in [7, 11) is 0. The van der Waals surface area contributed by atoms with Crippen LogP contribution in [0.15, 0.2) is 29.6 Å². The smallest absolute Gasteiger partial charge is 0.0886 e. The summed E-state index contributed by atoms with van der Waals surface area (Å²) in [6.07, 6.45) is 8.80. The molecule has 0 radical (unpaired) electrons. The van der Waals surface area contributed by atoms with Crippen LogP contribution in [-0.2, 0) is 19.4 Å². The zero-order chi connectivity index (χ0) is 13.2. The number of hydrogen-bond donors (Lipinski definition) is 0. The Bertz CT molecular complexity index is 628. The number of aromatic nitrogens is 3. The highest BCUT2D eigenvalue weighted by Gasteiger charge is 2.19. The Kier molecular flexibility index (Phi) is 3.23. The summed E-state index contributed by atoms with van der Waals surface area (Å²) in [5.74, 6) is 0. The second-order valence-electron chi connectivity index (χ2n) is 5.15. The molecule has 0 saturated carbocycles. The number of fused-ring (bicyclic) bond motifs is 1. The topological polar surface area (TPSA) is 35.1 Å². The van der Waals surface area contributed by atoms with Gasteiger partial charge in [-0.25, -0.2) is 0 Å². The highest BCUT2D eigenvalue weighted by Crippen LogP contribution is 2.24. The van der Waals surface area contributed by atoms with Crippen LogP contribution >= 0.6 is 0 Å². The minimum Gasteiger partial charge on any atom is -0.354 e. The van der Waals surface area contributed by atoms with Gasteiger partial charge in [0.05, 0.1) is 16.7 Å². The van der Waals surface area contributed by atoms with Crippen molar-refractivity contribution in [3.63, 3.8) is 0 Å². The molecule has 0 bridgehead atoms. The van der Waals surface area contributed by atoms with E-state index in [1.165, 1.54) is 17.7 Å². The number of hydrogen-bond acceptors (Lipinski definition) is 2. The van der Waals surface area contributed by atoms with Gasteiger partial charge in [-0.1, -0.05) is 6.92 Å². The van der Waals surface area contributed by atoms with Gasteiger partial charge >= 0.3 is 0 Å². The third-order valence-corrected chi connectivity index (χ3v) is 3.68. The van der Waals surface area contributed by atoms with E-state index in [0.29, 0.717) is 0 Å². The Hall–Kier alpha value is -1.84. The lowest BCUT2D eigenvalue weighted by Crippen LogP contribution is -2.10. The highest BCUT2D eigenvalue weighted by molar-refractivity contribution is 5.29. The minimum atomic E-state index is 0.963. The standard InChI is InChI=1S/C15H20N4/c1-3-9-18-10-7-13(8-11-18)17-19-15-6-4-5-14(15)12(2)16-19/h7-8,10-11H,3-6,9H2,1-2H3. The molecule has 0 N–H and O–H groups in total. The molecule has 3 rings (SSSR count). The third-order valence-electron chi connectivity index (χ3n) is 3.68. The molecule has 0 amide bonds. The third kappa shape index (κ3) is 2.35. The van der Waals surface area contributed by atoms with Crippen LogP contribution in [0.4, 0.5) is 0 Å². The van der Waals surface area contributed by atoms with Crippen LogP contribution in [0.3, 0.4) is 0 Å². The van der Waals surface area contributed by atoms with E-state index < -0.39 is 0 Å². The van der Waals surface area contributed by atoms with Crippen molar-refractivity contribution in [3.05, 3.63) is 46.8 Å². The molecule has 1 aliphatic rings. The summed E-state index contributed by atoms with van der Waals surface area (Å²) in [5, 5.41) is 10.1. The molecule has 4 heteroatoms. The van der Waals surface area contributed by atoms with Gasteiger partial charge in [-0.3, -0.25) is 0 Å². The van der Waals surface area contributed by atoms with Crippen molar-refractivity contribution in [2.45, 2.75) is 46.1 Å². The van der Waals surface area contributed by atoms with Crippen LogP contribution < -0.4 is 5.36 Å². The molecule has 0 spiro atoms. The second-order valence-corrected chi connectivity index (χ2v) is 5.15. The van der Waals surface area contributed by atoms with Gasteiger partial charge in [0.2, 0.25) is 0 Å². The van der Waals surface area contributed by atoms with Crippen molar-refractivity contribution in [2.24, 2.45) is 5.10 Å². The monoisotopic (exact) mass is 256 g/mol. The zero-order valence-corrected chi connectivity index (χ0v) is 11.6. The molecule has 0 aromatic carbocycles. The van der Waals surface area contributed by atoms with Gasteiger partial charge < -0.3 is 4.57 Å². The van der Waals surface area contributed by atoms with Crippen LogP contribution in [0.2, 0.25) is 0 Å². The molecule has 1 aliphatic carbocycles. The first kappa shape index (κ1) is 12.2. The van der Waals surface area contributed by atoms with Gasteiger partial charge in [0.25, 0.3) is 0 Å². The van der Waals surface area contributed by atoms with Crippen molar-refractivity contribution in [1.29, 1.82) is 0 Å². The van der Waals surface area contributed by atoms with Crippen LogP contribution in [0, 0.1) is 6.92 Å². The SMILES string of the molecule is CCCn1ccc(=Nn2nc(C)c3c2CCC3)cc1. The summed E-state index contributed by atoms with van der Waals surface area (Å²) >= 11 is 0. The Morgan fingerprint density at radius 2 is 2.05 bits per heavy atom. The van der Waals surface area contributed by atoms with Gasteiger partial charge in [0, 0.05) is 18.9 Å². The van der Waals surface area contributed by atoms with Crippen molar-refractivity contribution in [1.82, 2.24) is 14.5 Å². The largest absolute Gasteiger partial charge is 0.354 e. The molecule has 19 heavy (non-hydrogen) atoms. The molecule has 2 heterocycles. The van der Waals surface area contributed by atoms with E-state index in [0.717, 1.165) is 36.9 Å². The normalized spacial score (nSPS) is 13.6. The Labute approximate surface area is 113 Å². The number of aryl methyl sites for hydroxylation is 2. The van der Waals surface area contributed by atoms with Crippen molar-refractivity contribution < 1.29 is 0 Å². The van der Waals surface area contributed by atoms with Gasteiger partial charge in [-0.15, -0.1) is 0 Å². The van der Waals surface area contributed by atoms with E-state index in [-0.39, 0.29) is 0 Å². The first-order chi connectivity index (χ1) is 9.28. The fraction of sp³-hybridized carbons (Fsp3) is 0.467. The average molecular weight is 256 g/mol. The highest BCUT2D eigenvalue weighted by atomic mass is 15.5. The molecule has 0 atom stereocenters. The van der Waals surface area contributed by atoms with Crippen molar-refractivity contribution in [3.8, 4) is 0 Å². The Balaban J connectivity index is 1.95. The lowest BCUT2D eigenvalue weighted by Gasteiger charge is -2.02. The maximum absolute atomic E-state index is 4.63. The Morgan fingerprint density at radius 1 is 1.26 bits per heavy atom. The predicted molar refractivity (Wildman–Crippen MR) is 74.7 cm³/mol. The fourth-order valence-electron chi connectivity index (χ4n) is 2.72. The van der Waals surface area contributed by atoms with Crippen molar-refractivity contribution >= 4 is 0 Å². The summed E-state index contributed by atoms with van der Waals surface area (Å²) in [5.41, 5.74) is 3.83. The van der Waals surface area contributed by atoms with E-state index in [2.05, 4.69) is 41.0 Å². The molecule has 0 saturated heterocycles. The predicted octanol–water partition coefficient (Wildman–Crippen LogP) is 2.26. The second kappa shape index (κ2) is 5.03. The first-order valence-electron chi connectivity index (χ1n) is 7.06. The lowest BCUT2D eigenvalue weighted by molar-refractivity contribution is 0.650. The van der Waals surface area contributed by atoms with Crippen LogP contribution in [0.5, 0.6) is 0 Å². The molecular formula is C15H20N4. The molecule has 0 unspecified atom stereocenters. The fourth-order valence-corrected chi connectivity index (χ4v) is 2.72. The van der Waals surface area contributed by atoms with E-state index in [1.807, 2.05) is 16.9 Å². The first-order valence-corrected chi connectivity index (χ1v) is 7.06. The lowest BCUT2D eigenvalue weighted by atomic mass is 10.2. The van der Waals surface area contributed by atoms with E-state index >= 15 is 0 Å². The molecule has 100 valence electrons. The van der Waals surface area contributed by atoms with Gasteiger partial charge in [0.15, 0.2) is 0 Å². The molecule has 0 fully saturated rings. The summed E-state index contributed by atoms with van der Waals surface area (Å²) in [4.78, 5) is 1.83. The van der Waals surface area contributed by atoms with E-state index in [1.54, 1.807) is 0 Å². The van der Waals surface area contributed by atoms with Crippen LogP contribution in [0.25, 0.3) is 0 Å². The quantitative estimate of drug-likeness (QED) is 0.829. The minimum absolute atomic E-state index is 0.963. The number of nitrogens with zero attached hydrogens (tertiary/aromatic N) is 4. The van der Waals surface area contributed by atoms with Gasteiger partial charge in [-0.2, -0.15) is 15.0 Å². The average Bonchev–Trinajstić information content (AvgIpc) is 2.98. The molecular weight excluding hydrogens is 236 g/mol. The summed E-state index contributed by atoms with van der Waals surface area (Å²) in [6.45, 7) is 5.31. The van der Waals surface area contributed by atoms with Crippen molar-refractivity contribution in [2.75, 3.05) is 0 Å². The summed E-state index contributed by atoms with van der Waals surface area (Å²) < 4.78 is 2.18. The maximum Gasteiger partial charge on any atom is 0.0886 e. The van der Waals surface area contributed by atoms with Gasteiger partial charge in [-0.05, 0) is 50.3 Å². The molecule has 2 aromatic rings. The maximum atomic E-state index is 4.63. The zero-order valence-electron chi connectivity index (χ0n) is 11.6. The van der Waals surface area contributed by atoms with Gasteiger partial charge in [0.1, 0.15) is 0 Å². The number of rotatable bonds is 3. The molecule has 4 nitrogen and oxygen atoms in total. The Morgan fingerprint density at radius 3 is 2.79 bits per heavy atom.